The van der Waals surface area contributed by atoms with Crippen molar-refractivity contribution < 1.29 is 14.0 Å². The van der Waals surface area contributed by atoms with E-state index >= 15 is 0 Å². The standard InChI is InChI=1S/C30H28N2O3/c1-30(2,3)23-11-9-22(10-12-23)29(34)32-25-15-13-24(14-16-25)31-28(33)20-18-26-17-19-27(35-26)21-7-5-4-6-8-21/h4-20H,1-3H3,(H,31,33)(H,32,34)/b20-18+. The molecule has 176 valence electrons. The average Bonchev–Trinajstić information content (AvgIpc) is 3.33. The van der Waals surface area contributed by atoms with Gasteiger partial charge in [0.15, 0.2) is 0 Å². The van der Waals surface area contributed by atoms with Gasteiger partial charge in [-0.3, -0.25) is 9.59 Å². The zero-order valence-corrected chi connectivity index (χ0v) is 20.0. The van der Waals surface area contributed by atoms with Gasteiger partial charge in [0, 0.05) is 28.6 Å². The Morgan fingerprint density at radius 1 is 0.743 bits per heavy atom. The van der Waals surface area contributed by atoms with Crippen molar-refractivity contribution in [3.8, 4) is 11.3 Å². The predicted octanol–water partition coefficient (Wildman–Crippen LogP) is 7.15. The molecule has 1 aromatic heterocycles. The molecular weight excluding hydrogens is 436 g/mol. The van der Waals surface area contributed by atoms with Gasteiger partial charge in [0.25, 0.3) is 5.91 Å². The van der Waals surface area contributed by atoms with Gasteiger partial charge in [0.1, 0.15) is 11.5 Å². The van der Waals surface area contributed by atoms with Crippen LogP contribution in [0, 0.1) is 0 Å². The molecule has 35 heavy (non-hydrogen) atoms. The summed E-state index contributed by atoms with van der Waals surface area (Å²) in [4.78, 5) is 24.9. The van der Waals surface area contributed by atoms with Gasteiger partial charge >= 0.3 is 0 Å². The summed E-state index contributed by atoms with van der Waals surface area (Å²) in [6.07, 6.45) is 3.05. The molecule has 0 atom stereocenters. The summed E-state index contributed by atoms with van der Waals surface area (Å²) in [6.45, 7) is 6.41. The highest BCUT2D eigenvalue weighted by Crippen LogP contribution is 2.24. The second kappa shape index (κ2) is 10.3. The lowest BCUT2D eigenvalue weighted by atomic mass is 9.87. The number of nitrogens with one attached hydrogen (secondary N) is 2. The van der Waals surface area contributed by atoms with Crippen LogP contribution in [0.1, 0.15) is 42.5 Å². The zero-order valence-electron chi connectivity index (χ0n) is 20.0. The molecule has 0 saturated carbocycles. The molecule has 0 radical (unpaired) electrons. The molecule has 2 N–H and O–H groups in total. The van der Waals surface area contributed by atoms with Gasteiger partial charge in [-0.2, -0.15) is 0 Å². The third-order valence-electron chi connectivity index (χ3n) is 5.51. The number of carbonyl (C=O) groups excluding carboxylic acids is 2. The van der Waals surface area contributed by atoms with E-state index in [2.05, 4.69) is 31.4 Å². The van der Waals surface area contributed by atoms with Crippen molar-refractivity contribution in [2.45, 2.75) is 26.2 Å². The molecule has 2 amide bonds. The Morgan fingerprint density at radius 2 is 1.37 bits per heavy atom. The van der Waals surface area contributed by atoms with Gasteiger partial charge in [-0.1, -0.05) is 63.2 Å². The van der Waals surface area contributed by atoms with E-state index < -0.39 is 0 Å². The van der Waals surface area contributed by atoms with Crippen molar-refractivity contribution in [1.29, 1.82) is 0 Å². The van der Waals surface area contributed by atoms with Crippen LogP contribution in [0.15, 0.2) is 101 Å². The Hall–Kier alpha value is -4.38. The van der Waals surface area contributed by atoms with Gasteiger partial charge in [-0.05, 0) is 65.6 Å². The first-order valence-electron chi connectivity index (χ1n) is 11.4. The van der Waals surface area contributed by atoms with Crippen LogP contribution in [0.3, 0.4) is 0 Å². The van der Waals surface area contributed by atoms with Crippen LogP contribution in [0.25, 0.3) is 17.4 Å². The van der Waals surface area contributed by atoms with Gasteiger partial charge in [0.2, 0.25) is 5.91 Å². The molecule has 0 spiro atoms. The summed E-state index contributed by atoms with van der Waals surface area (Å²) in [5, 5.41) is 5.68. The van der Waals surface area contributed by atoms with E-state index in [4.69, 9.17) is 4.42 Å². The molecule has 5 nitrogen and oxygen atoms in total. The number of carbonyl (C=O) groups is 2. The number of anilines is 2. The monoisotopic (exact) mass is 464 g/mol. The Balaban J connectivity index is 1.31. The van der Waals surface area contributed by atoms with E-state index in [1.165, 1.54) is 11.6 Å². The summed E-state index contributed by atoms with van der Waals surface area (Å²) in [5.74, 6) is 0.873. The normalized spacial score (nSPS) is 11.4. The maximum atomic E-state index is 12.6. The van der Waals surface area contributed by atoms with Crippen molar-refractivity contribution in [3.63, 3.8) is 0 Å². The minimum atomic E-state index is -0.279. The van der Waals surface area contributed by atoms with E-state index in [1.54, 1.807) is 30.3 Å². The van der Waals surface area contributed by atoms with Crippen molar-refractivity contribution in [3.05, 3.63) is 114 Å². The first-order valence-corrected chi connectivity index (χ1v) is 11.4. The van der Waals surface area contributed by atoms with E-state index in [9.17, 15) is 9.59 Å². The fraction of sp³-hybridized carbons (Fsp3) is 0.133. The lowest BCUT2D eigenvalue weighted by molar-refractivity contribution is -0.111. The van der Waals surface area contributed by atoms with Crippen molar-refractivity contribution >= 4 is 29.3 Å². The third kappa shape index (κ3) is 6.36. The molecule has 1 heterocycles. The molecular formula is C30H28N2O3. The van der Waals surface area contributed by atoms with Crippen LogP contribution in [-0.4, -0.2) is 11.8 Å². The first kappa shape index (κ1) is 23.8. The minimum absolute atomic E-state index is 0.0352. The topological polar surface area (TPSA) is 71.3 Å². The molecule has 3 aromatic carbocycles. The smallest absolute Gasteiger partial charge is 0.255 e. The summed E-state index contributed by atoms with van der Waals surface area (Å²) >= 11 is 0. The van der Waals surface area contributed by atoms with Gasteiger partial charge < -0.3 is 15.1 Å². The maximum absolute atomic E-state index is 12.6. The fourth-order valence-corrected chi connectivity index (χ4v) is 3.50. The van der Waals surface area contributed by atoms with Crippen molar-refractivity contribution in [2.75, 3.05) is 10.6 Å². The quantitative estimate of drug-likeness (QED) is 0.298. The summed E-state index contributed by atoms with van der Waals surface area (Å²) in [7, 11) is 0. The van der Waals surface area contributed by atoms with Gasteiger partial charge in [-0.25, -0.2) is 0 Å². The molecule has 5 heteroatoms. The zero-order chi connectivity index (χ0) is 24.8. The third-order valence-corrected chi connectivity index (χ3v) is 5.51. The number of furan rings is 1. The number of hydrogen-bond acceptors (Lipinski definition) is 3. The number of rotatable bonds is 6. The van der Waals surface area contributed by atoms with E-state index in [0.717, 1.165) is 11.3 Å². The van der Waals surface area contributed by atoms with Crippen molar-refractivity contribution in [2.24, 2.45) is 0 Å². The first-order chi connectivity index (χ1) is 16.8. The van der Waals surface area contributed by atoms with Crippen LogP contribution < -0.4 is 10.6 Å². The molecule has 0 saturated heterocycles. The molecule has 0 unspecified atom stereocenters. The molecule has 0 fully saturated rings. The molecule has 4 rings (SSSR count). The highest BCUT2D eigenvalue weighted by molar-refractivity contribution is 6.05. The number of benzene rings is 3. The molecule has 0 bridgehead atoms. The lowest BCUT2D eigenvalue weighted by Gasteiger charge is -2.19. The second-order valence-electron chi connectivity index (χ2n) is 9.25. The highest BCUT2D eigenvalue weighted by Gasteiger charge is 2.14. The highest BCUT2D eigenvalue weighted by atomic mass is 16.3. The van der Waals surface area contributed by atoms with Gasteiger partial charge in [-0.15, -0.1) is 0 Å². The number of hydrogen-bond donors (Lipinski definition) is 2. The predicted molar refractivity (Wildman–Crippen MR) is 141 cm³/mol. The van der Waals surface area contributed by atoms with Crippen LogP contribution in [0.5, 0.6) is 0 Å². The summed E-state index contributed by atoms with van der Waals surface area (Å²) in [6, 6.07) is 28.1. The summed E-state index contributed by atoms with van der Waals surface area (Å²) < 4.78 is 5.78. The lowest BCUT2D eigenvalue weighted by Crippen LogP contribution is -2.14. The molecule has 0 aliphatic carbocycles. The van der Waals surface area contributed by atoms with Crippen LogP contribution in [0.2, 0.25) is 0 Å². The van der Waals surface area contributed by atoms with Crippen molar-refractivity contribution in [1.82, 2.24) is 0 Å². The minimum Gasteiger partial charge on any atom is -0.457 e. The van der Waals surface area contributed by atoms with Gasteiger partial charge in [0.05, 0.1) is 0 Å². The average molecular weight is 465 g/mol. The SMILES string of the molecule is CC(C)(C)c1ccc(C(=O)Nc2ccc(NC(=O)/C=C/c3ccc(-c4ccccc4)o3)cc2)cc1. The Morgan fingerprint density at radius 3 is 2.00 bits per heavy atom. The largest absolute Gasteiger partial charge is 0.457 e. The maximum Gasteiger partial charge on any atom is 0.255 e. The van der Waals surface area contributed by atoms with Crippen LogP contribution in [-0.2, 0) is 10.2 Å². The second-order valence-corrected chi connectivity index (χ2v) is 9.25. The van der Waals surface area contributed by atoms with Crippen LogP contribution in [0.4, 0.5) is 11.4 Å². The Labute approximate surface area is 205 Å². The summed E-state index contributed by atoms with van der Waals surface area (Å²) in [5.41, 5.74) is 4.04. The molecule has 4 aromatic rings. The van der Waals surface area contributed by atoms with Crippen LogP contribution >= 0.6 is 0 Å². The van der Waals surface area contributed by atoms with E-state index in [-0.39, 0.29) is 17.2 Å². The Bertz CT molecular complexity index is 1330. The number of amides is 2. The Kier molecular flexibility index (Phi) is 6.97. The molecule has 0 aliphatic rings. The van der Waals surface area contributed by atoms with E-state index in [1.807, 2.05) is 66.7 Å². The van der Waals surface area contributed by atoms with E-state index in [0.29, 0.717) is 22.7 Å². The molecule has 0 aliphatic heterocycles. The fourth-order valence-electron chi connectivity index (χ4n) is 3.50.